The Hall–Kier alpha value is -1.58. The average molecular weight is 318 g/mol. The molecule has 4 heteroatoms. The molecule has 0 bridgehead atoms. The number of aryl methyl sites for hydroxylation is 1. The third-order valence-corrected chi connectivity index (χ3v) is 4.76. The summed E-state index contributed by atoms with van der Waals surface area (Å²) >= 11 is 7.49. The number of pyridine rings is 1. The Bertz CT molecular complexity index is 790. The van der Waals surface area contributed by atoms with Gasteiger partial charge < -0.3 is 0 Å². The molecular weight excluding hydrogens is 305 g/mol. The summed E-state index contributed by atoms with van der Waals surface area (Å²) in [6.07, 6.45) is 2.70. The van der Waals surface area contributed by atoms with Crippen LogP contribution in [0.5, 0.6) is 0 Å². The Morgan fingerprint density at radius 1 is 1.19 bits per heavy atom. The van der Waals surface area contributed by atoms with Crippen LogP contribution in [0, 0.1) is 5.82 Å². The van der Waals surface area contributed by atoms with Crippen LogP contribution in [0.15, 0.2) is 58.5 Å². The number of benzene rings is 2. The Morgan fingerprint density at radius 3 is 2.67 bits per heavy atom. The monoisotopic (exact) mass is 317 g/mol. The van der Waals surface area contributed by atoms with Crippen LogP contribution in [0.25, 0.3) is 10.9 Å². The fraction of sp³-hybridized carbons (Fsp3) is 0.118. The van der Waals surface area contributed by atoms with Crippen molar-refractivity contribution in [3.8, 4) is 0 Å². The summed E-state index contributed by atoms with van der Waals surface area (Å²) in [4.78, 5) is 6.56. The quantitative estimate of drug-likeness (QED) is 0.611. The minimum absolute atomic E-state index is 0.106. The number of hydrogen-bond donors (Lipinski definition) is 0. The number of halogens is 2. The molecule has 0 amide bonds. The summed E-state index contributed by atoms with van der Waals surface area (Å²) < 4.78 is 13.8. The molecule has 0 saturated carbocycles. The molecule has 2 aromatic carbocycles. The molecule has 0 aliphatic carbocycles. The van der Waals surface area contributed by atoms with Crippen LogP contribution in [-0.2, 0) is 6.42 Å². The van der Waals surface area contributed by atoms with Gasteiger partial charge in [0.25, 0.3) is 0 Å². The van der Waals surface area contributed by atoms with Gasteiger partial charge in [-0.1, -0.05) is 48.5 Å². The molecule has 106 valence electrons. The van der Waals surface area contributed by atoms with Gasteiger partial charge in [0.15, 0.2) is 0 Å². The van der Waals surface area contributed by atoms with Gasteiger partial charge in [0, 0.05) is 21.4 Å². The molecule has 1 heterocycles. The lowest BCUT2D eigenvalue weighted by atomic mass is 10.1. The van der Waals surface area contributed by atoms with Crippen molar-refractivity contribution < 1.29 is 4.39 Å². The van der Waals surface area contributed by atoms with Gasteiger partial charge in [0.2, 0.25) is 0 Å². The highest BCUT2D eigenvalue weighted by atomic mass is 35.5. The molecule has 0 spiro atoms. The second kappa shape index (κ2) is 6.04. The van der Waals surface area contributed by atoms with Gasteiger partial charge in [-0.3, -0.25) is 4.98 Å². The first-order valence-corrected chi connectivity index (χ1v) is 7.88. The second-order valence-corrected chi connectivity index (χ2v) is 6.16. The number of hydrogen-bond acceptors (Lipinski definition) is 2. The van der Waals surface area contributed by atoms with Crippen molar-refractivity contribution in [1.82, 2.24) is 4.98 Å². The number of aromatic nitrogens is 1. The molecule has 1 aromatic heterocycles. The van der Waals surface area contributed by atoms with Crippen LogP contribution < -0.4 is 0 Å². The predicted molar refractivity (Wildman–Crippen MR) is 86.7 cm³/mol. The average Bonchev–Trinajstić information content (AvgIpc) is 2.50. The van der Waals surface area contributed by atoms with Crippen molar-refractivity contribution in [2.45, 2.75) is 23.1 Å². The molecule has 0 fully saturated rings. The van der Waals surface area contributed by atoms with Crippen molar-refractivity contribution in [2.75, 3.05) is 0 Å². The lowest BCUT2D eigenvalue weighted by molar-refractivity contribution is 0.630. The Balaban J connectivity index is 2.20. The van der Waals surface area contributed by atoms with Gasteiger partial charge in [0.05, 0.1) is 10.5 Å². The van der Waals surface area contributed by atoms with Crippen LogP contribution in [-0.4, -0.2) is 4.98 Å². The summed E-state index contributed by atoms with van der Waals surface area (Å²) in [5.41, 5.74) is 1.83. The minimum atomic E-state index is -0.408. The van der Waals surface area contributed by atoms with E-state index in [0.717, 1.165) is 32.7 Å². The molecule has 0 radical (unpaired) electrons. The van der Waals surface area contributed by atoms with Crippen molar-refractivity contribution in [3.05, 3.63) is 65.1 Å². The largest absolute Gasteiger partial charge is 0.256 e. The summed E-state index contributed by atoms with van der Waals surface area (Å²) in [5, 5.41) is 0.917. The zero-order valence-electron chi connectivity index (χ0n) is 11.4. The molecule has 3 rings (SSSR count). The van der Waals surface area contributed by atoms with Crippen LogP contribution in [0.1, 0.15) is 12.5 Å². The zero-order chi connectivity index (χ0) is 14.8. The molecule has 0 saturated heterocycles. The molecule has 0 aliphatic rings. The molecule has 3 aromatic rings. The number of fused-ring (bicyclic) bond motifs is 1. The highest BCUT2D eigenvalue weighted by molar-refractivity contribution is 7.99. The van der Waals surface area contributed by atoms with Crippen LogP contribution >= 0.6 is 23.4 Å². The normalized spacial score (nSPS) is 11.0. The maximum atomic E-state index is 13.8. The van der Waals surface area contributed by atoms with Crippen LogP contribution in [0.2, 0.25) is 5.02 Å². The maximum absolute atomic E-state index is 13.8. The summed E-state index contributed by atoms with van der Waals surface area (Å²) in [5.74, 6) is -0.408. The van der Waals surface area contributed by atoms with E-state index in [4.69, 9.17) is 11.6 Å². The Morgan fingerprint density at radius 2 is 1.95 bits per heavy atom. The molecule has 0 N–H and O–H groups in total. The molecule has 0 atom stereocenters. The van der Waals surface area contributed by atoms with E-state index >= 15 is 0 Å². The van der Waals surface area contributed by atoms with Gasteiger partial charge >= 0.3 is 0 Å². The highest BCUT2D eigenvalue weighted by Gasteiger charge is 2.12. The van der Waals surface area contributed by atoms with Gasteiger partial charge in [-0.25, -0.2) is 4.39 Å². The van der Waals surface area contributed by atoms with E-state index in [1.165, 1.54) is 6.07 Å². The van der Waals surface area contributed by atoms with Gasteiger partial charge in [-0.2, -0.15) is 0 Å². The third-order valence-electron chi connectivity index (χ3n) is 3.28. The SMILES string of the molecule is CCc1cnc2cc(Cl)c(F)cc2c1Sc1ccccc1. The van der Waals surface area contributed by atoms with Gasteiger partial charge in [-0.15, -0.1) is 0 Å². The molecule has 0 aliphatic heterocycles. The van der Waals surface area contributed by atoms with E-state index in [-0.39, 0.29) is 5.02 Å². The first-order valence-electron chi connectivity index (χ1n) is 6.68. The molecule has 21 heavy (non-hydrogen) atoms. The van der Waals surface area contributed by atoms with E-state index in [9.17, 15) is 4.39 Å². The summed E-state index contributed by atoms with van der Waals surface area (Å²) in [6, 6.07) is 13.1. The molecule has 1 nitrogen and oxygen atoms in total. The topological polar surface area (TPSA) is 12.9 Å². The molecular formula is C17H13ClFNS. The second-order valence-electron chi connectivity index (χ2n) is 4.66. The van der Waals surface area contributed by atoms with E-state index in [1.54, 1.807) is 17.8 Å². The van der Waals surface area contributed by atoms with Crippen molar-refractivity contribution >= 4 is 34.3 Å². The van der Waals surface area contributed by atoms with Crippen molar-refractivity contribution in [3.63, 3.8) is 0 Å². The minimum Gasteiger partial charge on any atom is -0.256 e. The van der Waals surface area contributed by atoms with Gasteiger partial charge in [0.1, 0.15) is 5.82 Å². The first-order chi connectivity index (χ1) is 10.2. The van der Waals surface area contributed by atoms with Gasteiger partial charge in [-0.05, 0) is 36.2 Å². The summed E-state index contributed by atoms with van der Waals surface area (Å²) in [6.45, 7) is 2.07. The standard InChI is InChI=1S/C17H13ClFNS/c1-2-11-10-20-16-9-14(18)15(19)8-13(16)17(11)21-12-6-4-3-5-7-12/h3-10H,2H2,1H3. The molecule has 0 unspecified atom stereocenters. The zero-order valence-corrected chi connectivity index (χ0v) is 13.0. The number of nitrogens with zero attached hydrogens (tertiary/aromatic N) is 1. The Kier molecular flexibility index (Phi) is 4.13. The third kappa shape index (κ3) is 2.89. The van der Waals surface area contributed by atoms with Crippen molar-refractivity contribution in [1.29, 1.82) is 0 Å². The van der Waals surface area contributed by atoms with E-state index in [0.29, 0.717) is 0 Å². The van der Waals surface area contributed by atoms with E-state index < -0.39 is 5.82 Å². The Labute approximate surface area is 132 Å². The van der Waals surface area contributed by atoms with E-state index in [2.05, 4.69) is 11.9 Å². The fourth-order valence-corrected chi connectivity index (χ4v) is 3.47. The van der Waals surface area contributed by atoms with Crippen LogP contribution in [0.3, 0.4) is 0 Å². The van der Waals surface area contributed by atoms with Crippen molar-refractivity contribution in [2.24, 2.45) is 0 Å². The predicted octanol–water partition coefficient (Wildman–Crippen LogP) is 5.74. The lowest BCUT2D eigenvalue weighted by Gasteiger charge is -2.11. The van der Waals surface area contributed by atoms with Crippen LogP contribution in [0.4, 0.5) is 4.39 Å². The number of rotatable bonds is 3. The maximum Gasteiger partial charge on any atom is 0.142 e. The first kappa shape index (κ1) is 14.4. The smallest absolute Gasteiger partial charge is 0.142 e. The summed E-state index contributed by atoms with van der Waals surface area (Å²) in [7, 11) is 0. The highest BCUT2D eigenvalue weighted by Crippen LogP contribution is 2.37. The lowest BCUT2D eigenvalue weighted by Crippen LogP contribution is -1.92. The fourth-order valence-electron chi connectivity index (χ4n) is 2.18. The van der Waals surface area contributed by atoms with E-state index in [1.807, 2.05) is 36.5 Å².